The molecule has 3 atom stereocenters. The summed E-state index contributed by atoms with van der Waals surface area (Å²) in [6, 6.07) is 12.7. The van der Waals surface area contributed by atoms with Crippen LogP contribution in [0.3, 0.4) is 0 Å². The third-order valence-electron chi connectivity index (χ3n) is 7.92. The van der Waals surface area contributed by atoms with E-state index in [9.17, 15) is 14.7 Å². The summed E-state index contributed by atoms with van der Waals surface area (Å²) < 4.78 is 16.4. The molecule has 2 aliphatic heterocycles. The molecule has 1 saturated heterocycles. The smallest absolute Gasteiger partial charge is 0.309 e. The minimum Gasteiger partial charge on any atom is -0.497 e. The lowest BCUT2D eigenvalue weighted by atomic mass is 9.82. The molecule has 2 heterocycles. The number of nitrogens with zero attached hydrogens (tertiary/aromatic N) is 2. The summed E-state index contributed by atoms with van der Waals surface area (Å²) >= 11 is 0. The Bertz CT molecular complexity index is 1090. The molecule has 2 aromatic carbocycles. The van der Waals surface area contributed by atoms with Crippen LogP contribution in [0.1, 0.15) is 75.5 Å². The molecule has 8 nitrogen and oxygen atoms in total. The highest BCUT2D eigenvalue weighted by Gasteiger charge is 2.48. The van der Waals surface area contributed by atoms with E-state index in [-0.39, 0.29) is 25.2 Å². The van der Waals surface area contributed by atoms with Crippen molar-refractivity contribution in [2.75, 3.05) is 40.1 Å². The van der Waals surface area contributed by atoms with E-state index in [0.717, 1.165) is 62.7 Å². The van der Waals surface area contributed by atoms with Crippen molar-refractivity contribution in [3.05, 3.63) is 53.6 Å². The van der Waals surface area contributed by atoms with Gasteiger partial charge in [0.1, 0.15) is 5.75 Å². The molecule has 0 bridgehead atoms. The summed E-state index contributed by atoms with van der Waals surface area (Å²) in [6.45, 7) is 6.60. The predicted molar refractivity (Wildman–Crippen MR) is 149 cm³/mol. The van der Waals surface area contributed by atoms with Crippen LogP contribution in [0, 0.1) is 5.92 Å². The molecular weight excluding hydrogens is 496 g/mol. The topological polar surface area (TPSA) is 88.5 Å². The maximum Gasteiger partial charge on any atom is 0.309 e. The Kier molecular flexibility index (Phi) is 10.1. The fourth-order valence-electron chi connectivity index (χ4n) is 5.81. The van der Waals surface area contributed by atoms with Gasteiger partial charge in [0.15, 0.2) is 11.5 Å². The minimum absolute atomic E-state index is 0.0659. The van der Waals surface area contributed by atoms with E-state index in [4.69, 9.17) is 14.2 Å². The van der Waals surface area contributed by atoms with Crippen LogP contribution in [0.2, 0.25) is 0 Å². The Balaban J connectivity index is 1.64. The highest BCUT2D eigenvalue weighted by Crippen LogP contribution is 2.47. The quantitative estimate of drug-likeness (QED) is 0.319. The zero-order valence-electron chi connectivity index (χ0n) is 23.4. The van der Waals surface area contributed by atoms with Crippen molar-refractivity contribution in [3.63, 3.8) is 0 Å². The van der Waals surface area contributed by atoms with Crippen molar-refractivity contribution in [2.45, 2.75) is 64.3 Å². The first-order valence-electron chi connectivity index (χ1n) is 14.2. The number of hydrogen-bond donors (Lipinski definition) is 1. The van der Waals surface area contributed by atoms with Gasteiger partial charge in [0.05, 0.1) is 19.6 Å². The largest absolute Gasteiger partial charge is 0.497 e. The molecule has 0 spiro atoms. The molecule has 0 radical (unpaired) electrons. The molecule has 0 aromatic heterocycles. The molecule has 39 heavy (non-hydrogen) atoms. The average molecular weight is 539 g/mol. The van der Waals surface area contributed by atoms with Gasteiger partial charge in [-0.05, 0) is 48.2 Å². The fraction of sp³-hybridized carbons (Fsp3) is 0.548. The molecule has 2 aliphatic rings. The first-order chi connectivity index (χ1) is 19.0. The summed E-state index contributed by atoms with van der Waals surface area (Å²) in [7, 11) is 1.61. The van der Waals surface area contributed by atoms with Gasteiger partial charge in [-0.1, -0.05) is 57.7 Å². The van der Waals surface area contributed by atoms with Gasteiger partial charge >= 0.3 is 5.97 Å². The second-order valence-corrected chi connectivity index (χ2v) is 10.5. The molecule has 1 fully saturated rings. The van der Waals surface area contributed by atoms with E-state index >= 15 is 0 Å². The molecule has 2 aromatic rings. The fourth-order valence-corrected chi connectivity index (χ4v) is 5.81. The van der Waals surface area contributed by atoms with Gasteiger partial charge in [-0.25, -0.2) is 0 Å². The van der Waals surface area contributed by atoms with Gasteiger partial charge in [-0.15, -0.1) is 0 Å². The zero-order chi connectivity index (χ0) is 27.8. The monoisotopic (exact) mass is 538 g/mol. The number of likely N-dealkylation sites (tertiary alicyclic amines) is 1. The van der Waals surface area contributed by atoms with Crippen LogP contribution in [0.25, 0.3) is 0 Å². The number of aliphatic carboxylic acids is 1. The third-order valence-corrected chi connectivity index (χ3v) is 7.92. The highest BCUT2D eigenvalue weighted by atomic mass is 16.7. The van der Waals surface area contributed by atoms with E-state index in [1.165, 1.54) is 0 Å². The first kappa shape index (κ1) is 28.7. The summed E-state index contributed by atoms with van der Waals surface area (Å²) in [6.07, 6.45) is 6.33. The van der Waals surface area contributed by atoms with E-state index < -0.39 is 17.9 Å². The van der Waals surface area contributed by atoms with E-state index in [2.05, 4.69) is 18.7 Å². The van der Waals surface area contributed by atoms with E-state index in [1.807, 2.05) is 47.4 Å². The van der Waals surface area contributed by atoms with Gasteiger partial charge in [0.25, 0.3) is 0 Å². The maximum atomic E-state index is 13.7. The Morgan fingerprint density at radius 2 is 1.59 bits per heavy atom. The molecule has 1 amide bonds. The lowest BCUT2D eigenvalue weighted by Gasteiger charge is -2.30. The third kappa shape index (κ3) is 6.85. The number of benzene rings is 2. The predicted octanol–water partition coefficient (Wildman–Crippen LogP) is 5.47. The molecule has 0 saturated carbocycles. The van der Waals surface area contributed by atoms with Crippen LogP contribution >= 0.6 is 0 Å². The number of carbonyl (C=O) groups excluding carboxylic acids is 1. The van der Waals surface area contributed by atoms with Gasteiger partial charge in [0, 0.05) is 31.6 Å². The van der Waals surface area contributed by atoms with Crippen molar-refractivity contribution in [3.8, 4) is 17.2 Å². The number of fused-ring (bicyclic) bond motifs is 1. The van der Waals surface area contributed by atoms with Crippen LogP contribution < -0.4 is 14.2 Å². The standard InChI is InChI=1S/C31H42N2O6/c1-4-6-8-16-32(17-9-7-5-2)28(34)20-33-19-25(23-12-15-26-27(18-23)39-21-38-26)29(31(35)36)30(33)22-10-13-24(37-3)14-11-22/h10-15,18,25,29-30H,4-9,16-17,19-21H2,1-3H3,(H,35,36). The molecule has 3 unspecified atom stereocenters. The van der Waals surface area contributed by atoms with Crippen LogP contribution in [-0.4, -0.2) is 66.9 Å². The molecule has 212 valence electrons. The Labute approximate surface area is 231 Å². The molecular formula is C31H42N2O6. The minimum atomic E-state index is -0.879. The van der Waals surface area contributed by atoms with E-state index in [0.29, 0.717) is 23.8 Å². The van der Waals surface area contributed by atoms with Gasteiger partial charge in [0.2, 0.25) is 12.7 Å². The molecule has 0 aliphatic carbocycles. The van der Waals surface area contributed by atoms with Gasteiger partial charge in [-0.3, -0.25) is 14.5 Å². The van der Waals surface area contributed by atoms with Gasteiger partial charge < -0.3 is 24.2 Å². The highest BCUT2D eigenvalue weighted by molar-refractivity contribution is 5.79. The summed E-state index contributed by atoms with van der Waals surface area (Å²) in [5.41, 5.74) is 1.74. The number of hydrogen-bond acceptors (Lipinski definition) is 6. The Morgan fingerprint density at radius 1 is 0.949 bits per heavy atom. The van der Waals surface area contributed by atoms with Crippen molar-refractivity contribution in [1.29, 1.82) is 0 Å². The maximum absolute atomic E-state index is 13.7. The Morgan fingerprint density at radius 3 is 2.21 bits per heavy atom. The number of ether oxygens (including phenoxy) is 3. The zero-order valence-corrected chi connectivity index (χ0v) is 23.4. The number of carboxylic acid groups (broad SMARTS) is 1. The number of methoxy groups -OCH3 is 1. The Hall–Kier alpha value is -3.26. The molecule has 4 rings (SSSR count). The van der Waals surface area contributed by atoms with E-state index in [1.54, 1.807) is 7.11 Å². The summed E-state index contributed by atoms with van der Waals surface area (Å²) in [4.78, 5) is 30.6. The SMILES string of the molecule is CCCCCN(CCCCC)C(=O)CN1CC(c2ccc3c(c2)OCO3)C(C(=O)O)C1c1ccc(OC)cc1. The van der Waals surface area contributed by atoms with Crippen molar-refractivity contribution >= 4 is 11.9 Å². The number of carbonyl (C=O) groups is 2. The van der Waals surface area contributed by atoms with Crippen LogP contribution in [0.5, 0.6) is 17.2 Å². The molecule has 8 heteroatoms. The van der Waals surface area contributed by atoms with Crippen LogP contribution in [-0.2, 0) is 9.59 Å². The number of amides is 1. The number of carboxylic acids is 1. The average Bonchev–Trinajstić information content (AvgIpc) is 3.56. The molecule has 1 N–H and O–H groups in total. The lowest BCUT2D eigenvalue weighted by Crippen LogP contribution is -2.42. The first-order valence-corrected chi connectivity index (χ1v) is 14.2. The number of rotatable bonds is 14. The number of unbranched alkanes of at least 4 members (excludes halogenated alkanes) is 4. The van der Waals surface area contributed by atoms with Crippen LogP contribution in [0.15, 0.2) is 42.5 Å². The summed E-state index contributed by atoms with van der Waals surface area (Å²) in [5, 5.41) is 10.5. The second-order valence-electron chi connectivity index (χ2n) is 10.5. The lowest BCUT2D eigenvalue weighted by molar-refractivity contribution is -0.144. The van der Waals surface area contributed by atoms with Crippen molar-refractivity contribution < 1.29 is 28.9 Å². The van der Waals surface area contributed by atoms with Crippen molar-refractivity contribution in [1.82, 2.24) is 9.80 Å². The normalized spacial score (nSPS) is 20.2. The van der Waals surface area contributed by atoms with Crippen molar-refractivity contribution in [2.24, 2.45) is 5.92 Å². The summed E-state index contributed by atoms with van der Waals surface area (Å²) in [5.74, 6) is 0.136. The second kappa shape index (κ2) is 13.7. The van der Waals surface area contributed by atoms with Gasteiger partial charge in [-0.2, -0.15) is 0 Å². The van der Waals surface area contributed by atoms with Crippen LogP contribution in [0.4, 0.5) is 0 Å².